The van der Waals surface area contributed by atoms with Crippen LogP contribution in [0.2, 0.25) is 5.02 Å². The van der Waals surface area contributed by atoms with E-state index in [0.29, 0.717) is 31.5 Å². The van der Waals surface area contributed by atoms with Crippen LogP contribution < -0.4 is 0 Å². The highest BCUT2D eigenvalue weighted by molar-refractivity contribution is 6.32. The van der Waals surface area contributed by atoms with Gasteiger partial charge in [-0.25, -0.2) is 0 Å². The lowest BCUT2D eigenvalue weighted by Gasteiger charge is -2.35. The van der Waals surface area contributed by atoms with Crippen LogP contribution in [0.15, 0.2) is 42.5 Å². The maximum Gasteiger partial charge on any atom is 0.253 e. The van der Waals surface area contributed by atoms with Gasteiger partial charge in [-0.2, -0.15) is 5.26 Å². The van der Waals surface area contributed by atoms with Crippen molar-refractivity contribution in [2.75, 3.05) is 13.1 Å². The zero-order chi connectivity index (χ0) is 18.0. The molecule has 0 bridgehead atoms. The smallest absolute Gasteiger partial charge is 0.253 e. The van der Waals surface area contributed by atoms with E-state index in [9.17, 15) is 15.2 Å². The first-order valence-corrected chi connectivity index (χ1v) is 8.59. The summed E-state index contributed by atoms with van der Waals surface area (Å²) in [4.78, 5) is 14.6. The number of phenolic OH excluding ortho intramolecular Hbond substituents is 1. The minimum atomic E-state index is -0.332. The largest absolute Gasteiger partial charge is 0.506 e. The van der Waals surface area contributed by atoms with Gasteiger partial charge in [0.1, 0.15) is 5.75 Å². The van der Waals surface area contributed by atoms with E-state index in [2.05, 4.69) is 6.07 Å². The second kappa shape index (κ2) is 6.78. The van der Waals surface area contributed by atoms with Gasteiger partial charge in [-0.1, -0.05) is 29.8 Å². The number of piperidine rings is 1. The number of hydrogen-bond donors (Lipinski definition) is 1. The first-order valence-electron chi connectivity index (χ1n) is 8.21. The number of aromatic hydroxyl groups is 1. The van der Waals surface area contributed by atoms with Gasteiger partial charge in [0.2, 0.25) is 0 Å². The number of carbonyl (C=O) groups excluding carboxylic acids is 1. The third-order valence-electron chi connectivity index (χ3n) is 4.81. The molecule has 0 unspecified atom stereocenters. The molecule has 1 aliphatic rings. The van der Waals surface area contributed by atoms with Crippen LogP contribution in [0.25, 0.3) is 11.1 Å². The quantitative estimate of drug-likeness (QED) is 0.864. The second-order valence-corrected chi connectivity index (χ2v) is 7.12. The van der Waals surface area contributed by atoms with Crippen molar-refractivity contribution >= 4 is 17.5 Å². The molecular weight excluding hydrogens is 336 g/mol. The molecule has 0 saturated carbocycles. The molecule has 0 aliphatic carbocycles. The Morgan fingerprint density at radius 3 is 2.52 bits per heavy atom. The van der Waals surface area contributed by atoms with E-state index in [1.165, 1.54) is 0 Å². The van der Waals surface area contributed by atoms with Gasteiger partial charge in [-0.05, 0) is 55.2 Å². The highest BCUT2D eigenvalue weighted by atomic mass is 35.5. The average molecular weight is 355 g/mol. The fourth-order valence-electron chi connectivity index (χ4n) is 3.02. The van der Waals surface area contributed by atoms with Gasteiger partial charge in [-0.15, -0.1) is 0 Å². The lowest BCUT2D eigenvalue weighted by Crippen LogP contribution is -2.41. The van der Waals surface area contributed by atoms with Crippen molar-refractivity contribution in [3.63, 3.8) is 0 Å². The average Bonchev–Trinajstić information content (AvgIpc) is 2.64. The Labute approximate surface area is 152 Å². The Balaban J connectivity index is 1.81. The van der Waals surface area contributed by atoms with Crippen molar-refractivity contribution in [1.29, 1.82) is 5.26 Å². The molecule has 4 nitrogen and oxygen atoms in total. The van der Waals surface area contributed by atoms with Crippen LogP contribution in [0.1, 0.15) is 30.1 Å². The van der Waals surface area contributed by atoms with Gasteiger partial charge in [0.15, 0.2) is 0 Å². The number of likely N-dealkylation sites (tertiary alicyclic amines) is 1. The summed E-state index contributed by atoms with van der Waals surface area (Å²) < 4.78 is 0. The monoisotopic (exact) mass is 354 g/mol. The summed E-state index contributed by atoms with van der Waals surface area (Å²) in [7, 11) is 0. The Morgan fingerprint density at radius 2 is 1.88 bits per heavy atom. The molecule has 2 aromatic carbocycles. The highest BCUT2D eigenvalue weighted by Gasteiger charge is 2.32. The fourth-order valence-corrected chi connectivity index (χ4v) is 3.20. The number of halogens is 1. The molecule has 3 rings (SSSR count). The van der Waals surface area contributed by atoms with Gasteiger partial charge in [0.25, 0.3) is 5.91 Å². The summed E-state index contributed by atoms with van der Waals surface area (Å²) in [5, 5.41) is 19.0. The van der Waals surface area contributed by atoms with Crippen molar-refractivity contribution < 1.29 is 9.90 Å². The predicted molar refractivity (Wildman–Crippen MR) is 97.4 cm³/mol. The maximum absolute atomic E-state index is 12.8. The summed E-state index contributed by atoms with van der Waals surface area (Å²) in [6, 6.07) is 14.7. The summed E-state index contributed by atoms with van der Waals surface area (Å²) in [5.41, 5.74) is 1.99. The van der Waals surface area contributed by atoms with Crippen LogP contribution in [0.4, 0.5) is 0 Å². The summed E-state index contributed by atoms with van der Waals surface area (Å²) in [6.07, 6.45) is 1.39. The van der Waals surface area contributed by atoms with Crippen LogP contribution in [-0.2, 0) is 0 Å². The molecule has 5 heteroatoms. The van der Waals surface area contributed by atoms with E-state index >= 15 is 0 Å². The number of carbonyl (C=O) groups is 1. The van der Waals surface area contributed by atoms with Gasteiger partial charge in [0.05, 0.1) is 16.5 Å². The van der Waals surface area contributed by atoms with Crippen LogP contribution in [0.5, 0.6) is 5.75 Å². The Hall–Kier alpha value is -2.51. The zero-order valence-corrected chi connectivity index (χ0v) is 14.8. The first kappa shape index (κ1) is 17.3. The van der Waals surface area contributed by atoms with E-state index < -0.39 is 0 Å². The van der Waals surface area contributed by atoms with Gasteiger partial charge in [0, 0.05) is 18.7 Å². The van der Waals surface area contributed by atoms with Gasteiger partial charge in [-0.3, -0.25) is 4.79 Å². The van der Waals surface area contributed by atoms with Crippen LogP contribution in [0, 0.1) is 16.7 Å². The Kier molecular flexibility index (Phi) is 4.69. The molecule has 2 aromatic rings. The third kappa shape index (κ3) is 3.62. The number of nitrogens with zero attached hydrogens (tertiary/aromatic N) is 2. The first-order chi connectivity index (χ1) is 11.9. The number of hydrogen-bond acceptors (Lipinski definition) is 3. The summed E-state index contributed by atoms with van der Waals surface area (Å²) in [5.74, 6) is 0.0122. The molecule has 1 heterocycles. The Morgan fingerprint density at radius 1 is 1.20 bits per heavy atom. The molecular formula is C20H19ClN2O2. The molecule has 0 aromatic heterocycles. The number of rotatable bonds is 2. The minimum absolute atomic E-state index is 0.0216. The van der Waals surface area contributed by atoms with E-state index in [-0.39, 0.29) is 22.1 Å². The van der Waals surface area contributed by atoms with Crippen molar-refractivity contribution in [2.24, 2.45) is 5.41 Å². The SMILES string of the molecule is CC1(C#N)CCN(C(=O)c2cccc(-c3ccc(O)c(Cl)c3)c2)CC1. The third-order valence-corrected chi connectivity index (χ3v) is 5.12. The second-order valence-electron chi connectivity index (χ2n) is 6.71. The number of phenols is 1. The predicted octanol–water partition coefficient (Wildman–Crippen LogP) is 4.48. The van der Waals surface area contributed by atoms with Crippen LogP contribution in [-0.4, -0.2) is 29.0 Å². The normalized spacial score (nSPS) is 16.3. The van der Waals surface area contributed by atoms with Crippen LogP contribution in [0.3, 0.4) is 0 Å². The van der Waals surface area contributed by atoms with E-state index in [4.69, 9.17) is 11.6 Å². The zero-order valence-electron chi connectivity index (χ0n) is 14.0. The van der Waals surface area contributed by atoms with Crippen molar-refractivity contribution in [3.8, 4) is 22.9 Å². The molecule has 1 N–H and O–H groups in total. The van der Waals surface area contributed by atoms with Crippen LogP contribution >= 0.6 is 11.6 Å². The topological polar surface area (TPSA) is 64.3 Å². The molecule has 1 aliphatic heterocycles. The van der Waals surface area contributed by atoms with Crippen molar-refractivity contribution in [3.05, 3.63) is 53.1 Å². The molecule has 1 fully saturated rings. The summed E-state index contributed by atoms with van der Waals surface area (Å²) in [6.45, 7) is 3.14. The Bertz CT molecular complexity index is 849. The molecule has 128 valence electrons. The lowest BCUT2D eigenvalue weighted by molar-refractivity contribution is 0.0661. The lowest BCUT2D eigenvalue weighted by atomic mass is 9.82. The number of benzene rings is 2. The minimum Gasteiger partial charge on any atom is -0.506 e. The maximum atomic E-state index is 12.8. The molecule has 0 spiro atoms. The number of amides is 1. The molecule has 1 amide bonds. The van der Waals surface area contributed by atoms with Crippen molar-refractivity contribution in [1.82, 2.24) is 4.90 Å². The van der Waals surface area contributed by atoms with Gasteiger partial charge >= 0.3 is 0 Å². The fraction of sp³-hybridized carbons (Fsp3) is 0.300. The molecule has 0 radical (unpaired) electrons. The van der Waals surface area contributed by atoms with E-state index in [1.54, 1.807) is 24.3 Å². The molecule has 1 saturated heterocycles. The standard InChI is InChI=1S/C20H19ClN2O2/c1-20(13-22)7-9-23(10-8-20)19(25)16-4-2-3-14(11-16)15-5-6-18(24)17(21)12-15/h2-6,11-12,24H,7-10H2,1H3. The van der Waals surface area contributed by atoms with Crippen molar-refractivity contribution in [2.45, 2.75) is 19.8 Å². The van der Waals surface area contributed by atoms with E-state index in [1.807, 2.05) is 30.0 Å². The van der Waals surface area contributed by atoms with Gasteiger partial charge < -0.3 is 10.0 Å². The summed E-state index contributed by atoms with van der Waals surface area (Å²) >= 11 is 5.98. The number of nitriles is 1. The molecule has 0 atom stereocenters. The highest BCUT2D eigenvalue weighted by Crippen LogP contribution is 2.32. The van der Waals surface area contributed by atoms with E-state index in [0.717, 1.165) is 11.1 Å². The molecule has 25 heavy (non-hydrogen) atoms.